The molecule has 0 saturated carbocycles. The van der Waals surface area contributed by atoms with E-state index in [0.717, 1.165) is 29.8 Å². The van der Waals surface area contributed by atoms with Crippen molar-refractivity contribution in [1.29, 1.82) is 0 Å². The third-order valence-corrected chi connectivity index (χ3v) is 5.16. The van der Waals surface area contributed by atoms with Crippen LogP contribution in [0.3, 0.4) is 0 Å². The summed E-state index contributed by atoms with van der Waals surface area (Å²) in [6, 6.07) is 16.4. The van der Waals surface area contributed by atoms with Gasteiger partial charge in [0.1, 0.15) is 0 Å². The van der Waals surface area contributed by atoms with E-state index >= 15 is 0 Å². The maximum absolute atomic E-state index is 12.7. The molecule has 6 nitrogen and oxygen atoms in total. The van der Waals surface area contributed by atoms with E-state index in [1.54, 1.807) is 11.7 Å². The molecule has 148 valence electrons. The summed E-state index contributed by atoms with van der Waals surface area (Å²) in [5.74, 6) is 0.622. The topological polar surface area (TPSA) is 55.1 Å². The van der Waals surface area contributed by atoms with Gasteiger partial charge in [-0.25, -0.2) is 9.48 Å². The van der Waals surface area contributed by atoms with Crippen LogP contribution in [0.2, 0.25) is 0 Å². The van der Waals surface area contributed by atoms with Crippen molar-refractivity contribution in [1.82, 2.24) is 14.5 Å². The SMILES string of the molecule is CCN(CC)c1ccc(C(C)Nn2c(-c3ccccc3C)nn(C)c2=O)cc1. The van der Waals surface area contributed by atoms with Crippen molar-refractivity contribution in [2.75, 3.05) is 23.4 Å². The second-order valence-electron chi connectivity index (χ2n) is 6.99. The quantitative estimate of drug-likeness (QED) is 0.680. The predicted molar refractivity (Wildman–Crippen MR) is 115 cm³/mol. The molecular formula is C22H29N5O. The van der Waals surface area contributed by atoms with Gasteiger partial charge in [0.25, 0.3) is 0 Å². The number of anilines is 1. The number of rotatable bonds is 7. The minimum absolute atomic E-state index is 0.0459. The van der Waals surface area contributed by atoms with Gasteiger partial charge in [-0.1, -0.05) is 36.4 Å². The summed E-state index contributed by atoms with van der Waals surface area (Å²) in [6.07, 6.45) is 0. The van der Waals surface area contributed by atoms with Gasteiger partial charge in [0.05, 0.1) is 6.04 Å². The van der Waals surface area contributed by atoms with Crippen molar-refractivity contribution in [2.24, 2.45) is 7.05 Å². The fourth-order valence-corrected chi connectivity index (χ4v) is 3.41. The Labute approximate surface area is 166 Å². The summed E-state index contributed by atoms with van der Waals surface area (Å²) >= 11 is 0. The number of nitrogens with zero attached hydrogens (tertiary/aromatic N) is 4. The zero-order valence-electron chi connectivity index (χ0n) is 17.3. The number of aromatic nitrogens is 3. The average molecular weight is 380 g/mol. The minimum atomic E-state index is -0.190. The van der Waals surface area contributed by atoms with Crippen LogP contribution in [0, 0.1) is 6.92 Å². The Hall–Kier alpha value is -3.02. The molecule has 3 aromatic rings. The van der Waals surface area contributed by atoms with Crippen LogP contribution < -0.4 is 16.0 Å². The van der Waals surface area contributed by atoms with E-state index in [0.29, 0.717) is 5.82 Å². The maximum Gasteiger partial charge on any atom is 0.364 e. The summed E-state index contributed by atoms with van der Waals surface area (Å²) in [5.41, 5.74) is 7.48. The average Bonchev–Trinajstić information content (AvgIpc) is 2.98. The van der Waals surface area contributed by atoms with Crippen molar-refractivity contribution in [3.8, 4) is 11.4 Å². The molecule has 0 spiro atoms. The van der Waals surface area contributed by atoms with Gasteiger partial charge >= 0.3 is 5.69 Å². The highest BCUT2D eigenvalue weighted by molar-refractivity contribution is 5.60. The van der Waals surface area contributed by atoms with Crippen LogP contribution in [0.25, 0.3) is 11.4 Å². The van der Waals surface area contributed by atoms with Gasteiger partial charge in [0.15, 0.2) is 5.82 Å². The monoisotopic (exact) mass is 379 g/mol. The van der Waals surface area contributed by atoms with E-state index in [9.17, 15) is 4.79 Å². The molecule has 1 atom stereocenters. The first kappa shape index (κ1) is 19.7. The summed E-state index contributed by atoms with van der Waals surface area (Å²) in [7, 11) is 1.67. The number of aryl methyl sites for hydroxylation is 2. The maximum atomic E-state index is 12.7. The Balaban J connectivity index is 1.90. The first-order valence-corrected chi connectivity index (χ1v) is 9.79. The normalized spacial score (nSPS) is 12.0. The minimum Gasteiger partial charge on any atom is -0.372 e. The van der Waals surface area contributed by atoms with Gasteiger partial charge < -0.3 is 10.3 Å². The second-order valence-corrected chi connectivity index (χ2v) is 6.99. The van der Waals surface area contributed by atoms with Crippen molar-refractivity contribution in [3.63, 3.8) is 0 Å². The van der Waals surface area contributed by atoms with E-state index in [2.05, 4.69) is 53.5 Å². The highest BCUT2D eigenvalue weighted by Gasteiger charge is 2.17. The lowest BCUT2D eigenvalue weighted by Gasteiger charge is -2.22. The molecule has 0 fully saturated rings. The molecule has 1 N–H and O–H groups in total. The number of nitrogens with one attached hydrogen (secondary N) is 1. The highest BCUT2D eigenvalue weighted by Crippen LogP contribution is 2.22. The molecule has 0 radical (unpaired) electrons. The van der Waals surface area contributed by atoms with E-state index in [1.165, 1.54) is 10.4 Å². The number of hydrogen-bond acceptors (Lipinski definition) is 4. The molecule has 0 aliphatic rings. The first-order valence-electron chi connectivity index (χ1n) is 9.79. The lowest BCUT2D eigenvalue weighted by atomic mass is 10.1. The molecule has 6 heteroatoms. The highest BCUT2D eigenvalue weighted by atomic mass is 16.2. The molecule has 0 aliphatic carbocycles. The Kier molecular flexibility index (Phi) is 5.87. The molecule has 1 unspecified atom stereocenters. The second kappa shape index (κ2) is 8.33. The Bertz CT molecular complexity index is 983. The number of benzene rings is 2. The van der Waals surface area contributed by atoms with E-state index in [1.807, 2.05) is 38.1 Å². The standard InChI is InChI=1S/C22H29N5O/c1-6-26(7-2)19-14-12-18(13-15-19)17(4)23-27-21(24-25(5)22(27)28)20-11-9-8-10-16(20)3/h8-15,17,23H,6-7H2,1-5H3. The van der Waals surface area contributed by atoms with Crippen molar-refractivity contribution < 1.29 is 0 Å². The molecule has 0 aliphatic heterocycles. The van der Waals surface area contributed by atoms with E-state index < -0.39 is 0 Å². The van der Waals surface area contributed by atoms with Crippen LogP contribution in [0.4, 0.5) is 5.69 Å². The number of hydrogen-bond donors (Lipinski definition) is 1. The lowest BCUT2D eigenvalue weighted by Crippen LogP contribution is -2.32. The molecule has 3 rings (SSSR count). The molecule has 1 aromatic heterocycles. The Morgan fingerprint density at radius 2 is 1.71 bits per heavy atom. The third kappa shape index (κ3) is 3.81. The van der Waals surface area contributed by atoms with Gasteiger partial charge in [0, 0.05) is 31.4 Å². The van der Waals surface area contributed by atoms with Gasteiger partial charge in [-0.3, -0.25) is 0 Å². The first-order chi connectivity index (χ1) is 13.5. The fraction of sp³-hybridized carbons (Fsp3) is 0.364. The molecule has 28 heavy (non-hydrogen) atoms. The summed E-state index contributed by atoms with van der Waals surface area (Å²) < 4.78 is 2.91. The summed E-state index contributed by atoms with van der Waals surface area (Å²) in [6.45, 7) is 10.3. The van der Waals surface area contributed by atoms with Crippen LogP contribution in [-0.4, -0.2) is 27.5 Å². The zero-order chi connectivity index (χ0) is 20.3. The smallest absolute Gasteiger partial charge is 0.364 e. The third-order valence-electron chi connectivity index (χ3n) is 5.16. The molecule has 0 amide bonds. The van der Waals surface area contributed by atoms with E-state index in [-0.39, 0.29) is 11.7 Å². The molecule has 2 aromatic carbocycles. The largest absolute Gasteiger partial charge is 0.372 e. The molecule has 1 heterocycles. The molecular weight excluding hydrogens is 350 g/mol. The van der Waals surface area contributed by atoms with Gasteiger partial charge in [-0.15, -0.1) is 5.10 Å². The zero-order valence-corrected chi connectivity index (χ0v) is 17.3. The van der Waals surface area contributed by atoms with Crippen LogP contribution in [0.15, 0.2) is 53.3 Å². The molecule has 0 saturated heterocycles. The van der Waals surface area contributed by atoms with Gasteiger partial charge in [-0.05, 0) is 51.0 Å². The fourth-order valence-electron chi connectivity index (χ4n) is 3.41. The predicted octanol–water partition coefficient (Wildman–Crippen LogP) is 3.71. The lowest BCUT2D eigenvalue weighted by molar-refractivity contribution is 0.674. The van der Waals surface area contributed by atoms with Crippen LogP contribution in [0.1, 0.15) is 37.9 Å². The van der Waals surface area contributed by atoms with Crippen LogP contribution in [0.5, 0.6) is 0 Å². The van der Waals surface area contributed by atoms with Crippen molar-refractivity contribution in [3.05, 3.63) is 70.1 Å². The van der Waals surface area contributed by atoms with Crippen molar-refractivity contribution in [2.45, 2.75) is 33.7 Å². The van der Waals surface area contributed by atoms with E-state index in [4.69, 9.17) is 0 Å². The van der Waals surface area contributed by atoms with Gasteiger partial charge in [-0.2, -0.15) is 4.68 Å². The van der Waals surface area contributed by atoms with Gasteiger partial charge in [0.2, 0.25) is 0 Å². The van der Waals surface area contributed by atoms with Crippen LogP contribution in [-0.2, 0) is 7.05 Å². The van der Waals surface area contributed by atoms with Crippen LogP contribution >= 0.6 is 0 Å². The summed E-state index contributed by atoms with van der Waals surface area (Å²) in [4.78, 5) is 15.0. The molecule has 0 bridgehead atoms. The Morgan fingerprint density at radius 3 is 2.32 bits per heavy atom. The Morgan fingerprint density at radius 1 is 1.07 bits per heavy atom. The summed E-state index contributed by atoms with van der Waals surface area (Å²) in [5, 5.41) is 4.45. The van der Waals surface area contributed by atoms with Crippen molar-refractivity contribution >= 4 is 5.69 Å².